The van der Waals surface area contributed by atoms with E-state index in [-0.39, 0.29) is 5.91 Å². The third-order valence-corrected chi connectivity index (χ3v) is 4.21. The van der Waals surface area contributed by atoms with Crippen LogP contribution in [-0.2, 0) is 6.54 Å². The lowest BCUT2D eigenvalue weighted by Crippen LogP contribution is -2.23. The molecule has 0 aromatic heterocycles. The van der Waals surface area contributed by atoms with E-state index in [1.165, 1.54) is 0 Å². The second-order valence-electron chi connectivity index (χ2n) is 5.95. The molecule has 2 aromatic rings. The molecule has 5 nitrogen and oxygen atoms in total. The van der Waals surface area contributed by atoms with Crippen LogP contribution in [0.1, 0.15) is 42.6 Å². The molecule has 0 radical (unpaired) electrons. The summed E-state index contributed by atoms with van der Waals surface area (Å²) in [7, 11) is 1.62. The van der Waals surface area contributed by atoms with Crippen LogP contribution in [-0.4, -0.2) is 26.2 Å². The number of unbranched alkanes of at least 4 members (excludes halogenated alkanes) is 1. The number of halogens is 1. The van der Waals surface area contributed by atoms with Crippen LogP contribution < -0.4 is 19.5 Å². The van der Waals surface area contributed by atoms with Gasteiger partial charge in [-0.3, -0.25) is 4.79 Å². The molecule has 0 aliphatic heterocycles. The van der Waals surface area contributed by atoms with Crippen LogP contribution in [0.4, 0.5) is 0 Å². The van der Waals surface area contributed by atoms with Crippen LogP contribution >= 0.6 is 11.6 Å². The summed E-state index contributed by atoms with van der Waals surface area (Å²) in [6.07, 6.45) is 1.94. The normalized spacial score (nSPS) is 10.4. The van der Waals surface area contributed by atoms with Crippen molar-refractivity contribution < 1.29 is 19.0 Å². The molecule has 1 N–H and O–H groups in total. The molecule has 2 rings (SSSR count). The second kappa shape index (κ2) is 10.7. The summed E-state index contributed by atoms with van der Waals surface area (Å²) < 4.78 is 16.5. The lowest BCUT2D eigenvalue weighted by molar-refractivity contribution is 0.0950. The highest BCUT2D eigenvalue weighted by molar-refractivity contribution is 6.32. The highest BCUT2D eigenvalue weighted by Crippen LogP contribution is 2.37. The van der Waals surface area contributed by atoms with E-state index < -0.39 is 0 Å². The van der Waals surface area contributed by atoms with E-state index in [1.54, 1.807) is 19.2 Å². The van der Waals surface area contributed by atoms with Gasteiger partial charge in [0.2, 0.25) is 0 Å². The second-order valence-corrected chi connectivity index (χ2v) is 6.36. The van der Waals surface area contributed by atoms with Gasteiger partial charge in [-0.05, 0) is 43.2 Å². The number of ether oxygens (including phenoxy) is 3. The molecule has 0 aliphatic carbocycles. The molecule has 2 aromatic carbocycles. The summed E-state index contributed by atoms with van der Waals surface area (Å²) >= 11 is 6.34. The summed E-state index contributed by atoms with van der Waals surface area (Å²) in [5.41, 5.74) is 1.40. The Balaban J connectivity index is 2.09. The summed E-state index contributed by atoms with van der Waals surface area (Å²) in [6.45, 7) is 5.38. The van der Waals surface area contributed by atoms with Gasteiger partial charge in [0.15, 0.2) is 11.5 Å². The molecule has 0 spiro atoms. The molecule has 0 aliphatic rings. The maximum atomic E-state index is 12.5. The Morgan fingerprint density at radius 1 is 1.11 bits per heavy atom. The highest BCUT2D eigenvalue weighted by atomic mass is 35.5. The van der Waals surface area contributed by atoms with E-state index in [0.717, 1.165) is 24.2 Å². The minimum absolute atomic E-state index is 0.228. The number of nitrogens with one attached hydrogen (secondary N) is 1. The molecule has 146 valence electrons. The zero-order chi connectivity index (χ0) is 19.6. The van der Waals surface area contributed by atoms with Crippen LogP contribution in [0.3, 0.4) is 0 Å². The number of methoxy groups -OCH3 is 1. The van der Waals surface area contributed by atoms with Crippen LogP contribution in [0, 0.1) is 0 Å². The molecule has 0 atom stereocenters. The van der Waals surface area contributed by atoms with Crippen LogP contribution in [0.5, 0.6) is 17.2 Å². The average Bonchev–Trinajstić information content (AvgIpc) is 2.68. The molecular formula is C21H26ClNO4. The van der Waals surface area contributed by atoms with Crippen LogP contribution in [0.2, 0.25) is 5.02 Å². The standard InChI is InChI=1S/C21H26ClNO4/c1-4-6-11-27-20-18(22)12-16(13-19(20)26-5-2)21(24)23-14-15-7-9-17(25-3)10-8-15/h7-10,12-13H,4-6,11,14H2,1-3H3,(H,23,24). The maximum Gasteiger partial charge on any atom is 0.251 e. The van der Waals surface area contributed by atoms with E-state index in [4.69, 9.17) is 25.8 Å². The smallest absolute Gasteiger partial charge is 0.251 e. The van der Waals surface area contributed by atoms with Crippen molar-refractivity contribution in [1.29, 1.82) is 0 Å². The largest absolute Gasteiger partial charge is 0.497 e. The van der Waals surface area contributed by atoms with Gasteiger partial charge in [-0.25, -0.2) is 0 Å². The summed E-state index contributed by atoms with van der Waals surface area (Å²) in [6, 6.07) is 10.8. The topological polar surface area (TPSA) is 56.8 Å². The third kappa shape index (κ3) is 6.07. The minimum Gasteiger partial charge on any atom is -0.497 e. The molecule has 27 heavy (non-hydrogen) atoms. The Bertz CT molecular complexity index is 747. The number of carbonyl (C=O) groups is 1. The number of hydrogen-bond donors (Lipinski definition) is 1. The fraction of sp³-hybridized carbons (Fsp3) is 0.381. The van der Waals surface area contributed by atoms with E-state index in [2.05, 4.69) is 12.2 Å². The Morgan fingerprint density at radius 3 is 2.48 bits per heavy atom. The average molecular weight is 392 g/mol. The first-order valence-corrected chi connectivity index (χ1v) is 9.47. The van der Waals surface area contributed by atoms with Crippen molar-refractivity contribution in [3.63, 3.8) is 0 Å². The van der Waals surface area contributed by atoms with Gasteiger partial charge < -0.3 is 19.5 Å². The minimum atomic E-state index is -0.228. The lowest BCUT2D eigenvalue weighted by Gasteiger charge is -2.15. The summed E-state index contributed by atoms with van der Waals surface area (Å²) in [5, 5.41) is 3.25. The number of hydrogen-bond acceptors (Lipinski definition) is 4. The van der Waals surface area contributed by atoms with Gasteiger partial charge in [-0.15, -0.1) is 0 Å². The van der Waals surface area contributed by atoms with Crippen molar-refractivity contribution in [3.8, 4) is 17.2 Å². The van der Waals surface area contributed by atoms with Crippen molar-refractivity contribution in [2.75, 3.05) is 20.3 Å². The van der Waals surface area contributed by atoms with Gasteiger partial charge in [0.05, 0.1) is 25.3 Å². The Kier molecular flexibility index (Phi) is 8.27. The summed E-state index contributed by atoms with van der Waals surface area (Å²) in [5.74, 6) is 1.51. The van der Waals surface area contributed by atoms with Gasteiger partial charge in [0.1, 0.15) is 5.75 Å². The first kappa shape index (κ1) is 20.9. The summed E-state index contributed by atoms with van der Waals surface area (Å²) in [4.78, 5) is 12.5. The molecule has 6 heteroatoms. The van der Waals surface area contributed by atoms with Crippen LogP contribution in [0.25, 0.3) is 0 Å². The molecule has 0 unspecified atom stereocenters. The van der Waals surface area contributed by atoms with E-state index in [1.807, 2.05) is 31.2 Å². The number of rotatable bonds is 10. The zero-order valence-corrected chi connectivity index (χ0v) is 16.8. The zero-order valence-electron chi connectivity index (χ0n) is 16.0. The number of carbonyl (C=O) groups excluding carboxylic acids is 1. The Labute approximate surface area is 165 Å². The van der Waals surface area contributed by atoms with E-state index in [9.17, 15) is 4.79 Å². The van der Waals surface area contributed by atoms with E-state index >= 15 is 0 Å². The van der Waals surface area contributed by atoms with Crippen molar-refractivity contribution in [2.45, 2.75) is 33.2 Å². The highest BCUT2D eigenvalue weighted by Gasteiger charge is 2.16. The molecular weight excluding hydrogens is 366 g/mol. The van der Waals surface area contributed by atoms with Gasteiger partial charge in [0, 0.05) is 12.1 Å². The Morgan fingerprint density at radius 2 is 1.85 bits per heavy atom. The maximum absolute atomic E-state index is 12.5. The first-order chi connectivity index (χ1) is 13.1. The number of amides is 1. The van der Waals surface area contributed by atoms with Gasteiger partial charge in [0.25, 0.3) is 5.91 Å². The van der Waals surface area contributed by atoms with Crippen molar-refractivity contribution >= 4 is 17.5 Å². The van der Waals surface area contributed by atoms with Crippen molar-refractivity contribution in [1.82, 2.24) is 5.32 Å². The molecule has 0 heterocycles. The monoisotopic (exact) mass is 391 g/mol. The first-order valence-electron chi connectivity index (χ1n) is 9.09. The van der Waals surface area contributed by atoms with Crippen molar-refractivity contribution in [3.05, 3.63) is 52.5 Å². The van der Waals surface area contributed by atoms with Gasteiger partial charge in [-0.1, -0.05) is 37.1 Å². The van der Waals surface area contributed by atoms with Crippen molar-refractivity contribution in [2.24, 2.45) is 0 Å². The third-order valence-electron chi connectivity index (χ3n) is 3.93. The molecule has 0 saturated carbocycles. The lowest BCUT2D eigenvalue weighted by atomic mass is 10.1. The van der Waals surface area contributed by atoms with E-state index in [0.29, 0.717) is 41.8 Å². The quantitative estimate of drug-likeness (QED) is 0.588. The van der Waals surface area contributed by atoms with Gasteiger partial charge >= 0.3 is 0 Å². The van der Waals surface area contributed by atoms with Gasteiger partial charge in [-0.2, -0.15) is 0 Å². The fourth-order valence-electron chi connectivity index (χ4n) is 2.45. The SMILES string of the molecule is CCCCOc1c(Cl)cc(C(=O)NCc2ccc(OC)cc2)cc1OCC. The van der Waals surface area contributed by atoms with Crippen LogP contribution in [0.15, 0.2) is 36.4 Å². The molecule has 0 bridgehead atoms. The fourth-order valence-corrected chi connectivity index (χ4v) is 2.71. The molecule has 1 amide bonds. The molecule has 0 saturated heterocycles. The predicted octanol–water partition coefficient (Wildman–Crippen LogP) is 4.86. The number of benzene rings is 2. The predicted molar refractivity (Wildman–Crippen MR) is 107 cm³/mol. The molecule has 0 fully saturated rings. The Hall–Kier alpha value is -2.40.